The molecule has 0 spiro atoms. The number of ether oxygens (including phenoxy) is 1. The third-order valence-electron chi connectivity index (χ3n) is 2.20. The number of carbonyl (C=O) groups is 2. The Balaban J connectivity index is 2.49. The first-order chi connectivity index (χ1) is 9.38. The quantitative estimate of drug-likeness (QED) is 0.833. The fourth-order valence-corrected chi connectivity index (χ4v) is 1.42. The van der Waals surface area contributed by atoms with Gasteiger partial charge in [-0.05, 0) is 38.1 Å². The lowest BCUT2D eigenvalue weighted by Crippen LogP contribution is -2.39. The number of benzene rings is 1. The minimum atomic E-state index is -2.91. The molecule has 2 amide bonds. The van der Waals surface area contributed by atoms with Crippen LogP contribution in [0.15, 0.2) is 24.3 Å². The molecule has 1 rings (SSSR count). The van der Waals surface area contributed by atoms with Crippen molar-refractivity contribution in [2.45, 2.75) is 26.5 Å². The zero-order valence-corrected chi connectivity index (χ0v) is 11.2. The van der Waals surface area contributed by atoms with Gasteiger partial charge in [-0.2, -0.15) is 8.78 Å². The van der Waals surface area contributed by atoms with Gasteiger partial charge in [-0.15, -0.1) is 0 Å². The van der Waals surface area contributed by atoms with Crippen LogP contribution < -0.4 is 15.4 Å². The van der Waals surface area contributed by atoms with Crippen molar-refractivity contribution < 1.29 is 23.1 Å². The highest BCUT2D eigenvalue weighted by Crippen LogP contribution is 2.14. The molecule has 0 atom stereocenters. The number of carbonyl (C=O) groups excluding carboxylic acids is 2. The Labute approximate surface area is 115 Å². The van der Waals surface area contributed by atoms with E-state index in [0.29, 0.717) is 0 Å². The summed E-state index contributed by atoms with van der Waals surface area (Å²) < 4.78 is 28.1. The lowest BCUT2D eigenvalue weighted by atomic mass is 10.2. The molecule has 1 aromatic rings. The maximum Gasteiger partial charge on any atom is 0.387 e. The summed E-state index contributed by atoms with van der Waals surface area (Å²) in [5.41, 5.74) is 0.254. The second-order valence-corrected chi connectivity index (χ2v) is 4.31. The van der Waals surface area contributed by atoms with Crippen molar-refractivity contribution in [3.8, 4) is 5.75 Å². The van der Waals surface area contributed by atoms with Crippen LogP contribution in [0.1, 0.15) is 24.2 Å². The third kappa shape index (κ3) is 5.64. The summed E-state index contributed by atoms with van der Waals surface area (Å²) in [6, 6.07) is 5.19. The van der Waals surface area contributed by atoms with Crippen LogP contribution in [0.3, 0.4) is 0 Å². The van der Waals surface area contributed by atoms with Gasteiger partial charge in [0.05, 0.1) is 6.54 Å². The molecule has 110 valence electrons. The van der Waals surface area contributed by atoms with Crippen molar-refractivity contribution in [2.75, 3.05) is 6.54 Å². The summed E-state index contributed by atoms with van der Waals surface area (Å²) in [5.74, 6) is -0.799. The van der Waals surface area contributed by atoms with Crippen molar-refractivity contribution in [2.24, 2.45) is 0 Å². The molecule has 2 N–H and O–H groups in total. The third-order valence-corrected chi connectivity index (χ3v) is 2.20. The molecular formula is C13H16F2N2O3. The summed E-state index contributed by atoms with van der Waals surface area (Å²) in [7, 11) is 0. The molecule has 0 aliphatic heterocycles. The molecule has 7 heteroatoms. The Morgan fingerprint density at radius 1 is 1.20 bits per heavy atom. The highest BCUT2D eigenvalue weighted by atomic mass is 19.3. The van der Waals surface area contributed by atoms with Gasteiger partial charge in [0.2, 0.25) is 5.91 Å². The fourth-order valence-electron chi connectivity index (χ4n) is 1.42. The van der Waals surface area contributed by atoms with Crippen LogP contribution in [0.5, 0.6) is 5.75 Å². The molecule has 0 aromatic heterocycles. The van der Waals surface area contributed by atoms with E-state index in [4.69, 9.17) is 0 Å². The summed E-state index contributed by atoms with van der Waals surface area (Å²) in [4.78, 5) is 23.0. The first kappa shape index (κ1) is 15.9. The highest BCUT2D eigenvalue weighted by molar-refractivity contribution is 5.96. The normalized spacial score (nSPS) is 10.5. The van der Waals surface area contributed by atoms with Gasteiger partial charge in [-0.3, -0.25) is 9.59 Å². The monoisotopic (exact) mass is 286 g/mol. The van der Waals surface area contributed by atoms with Crippen LogP contribution >= 0.6 is 0 Å². The van der Waals surface area contributed by atoms with Gasteiger partial charge in [0, 0.05) is 11.6 Å². The van der Waals surface area contributed by atoms with Crippen LogP contribution in [0, 0.1) is 0 Å². The molecule has 0 saturated carbocycles. The van der Waals surface area contributed by atoms with Crippen molar-refractivity contribution in [3.05, 3.63) is 29.8 Å². The van der Waals surface area contributed by atoms with Gasteiger partial charge in [0.15, 0.2) is 0 Å². The lowest BCUT2D eigenvalue weighted by molar-refractivity contribution is -0.120. The van der Waals surface area contributed by atoms with Gasteiger partial charge in [0.1, 0.15) is 5.75 Å². The molecule has 0 aliphatic rings. The van der Waals surface area contributed by atoms with Crippen molar-refractivity contribution in [1.29, 1.82) is 0 Å². The largest absolute Gasteiger partial charge is 0.435 e. The molecule has 0 aliphatic carbocycles. The van der Waals surface area contributed by atoms with E-state index < -0.39 is 12.5 Å². The Hall–Kier alpha value is -2.18. The van der Waals surface area contributed by atoms with Crippen LogP contribution in [0.25, 0.3) is 0 Å². The molecule has 0 radical (unpaired) electrons. The van der Waals surface area contributed by atoms with E-state index in [-0.39, 0.29) is 29.8 Å². The van der Waals surface area contributed by atoms with Crippen LogP contribution in [-0.4, -0.2) is 31.0 Å². The summed E-state index contributed by atoms with van der Waals surface area (Å²) >= 11 is 0. The first-order valence-electron chi connectivity index (χ1n) is 6.01. The van der Waals surface area contributed by atoms with Gasteiger partial charge in [-0.1, -0.05) is 0 Å². The minimum Gasteiger partial charge on any atom is -0.435 e. The average Bonchev–Trinajstić information content (AvgIpc) is 2.35. The van der Waals surface area contributed by atoms with E-state index in [0.717, 1.165) is 0 Å². The SMILES string of the molecule is CC(C)NC(=O)CNC(=O)c1ccc(OC(F)F)cc1. The predicted molar refractivity (Wildman–Crippen MR) is 68.7 cm³/mol. The Morgan fingerprint density at radius 2 is 1.80 bits per heavy atom. The molecule has 0 fully saturated rings. The molecule has 0 bridgehead atoms. The van der Waals surface area contributed by atoms with Crippen LogP contribution in [-0.2, 0) is 4.79 Å². The summed E-state index contributed by atoms with van der Waals surface area (Å²) in [6.07, 6.45) is 0. The number of alkyl halides is 2. The second kappa shape index (κ2) is 7.42. The molecule has 0 heterocycles. The van der Waals surface area contributed by atoms with Gasteiger partial charge < -0.3 is 15.4 Å². The Morgan fingerprint density at radius 3 is 2.30 bits per heavy atom. The smallest absolute Gasteiger partial charge is 0.387 e. The standard InChI is InChI=1S/C13H16F2N2O3/c1-8(2)17-11(18)7-16-12(19)9-3-5-10(6-4-9)20-13(14)15/h3-6,8,13H,7H2,1-2H3,(H,16,19)(H,17,18). The average molecular weight is 286 g/mol. The maximum absolute atomic E-state index is 11.9. The van der Waals surface area contributed by atoms with Crippen molar-refractivity contribution >= 4 is 11.8 Å². The van der Waals surface area contributed by atoms with Crippen molar-refractivity contribution in [1.82, 2.24) is 10.6 Å². The number of hydrogen-bond acceptors (Lipinski definition) is 3. The first-order valence-corrected chi connectivity index (χ1v) is 6.01. The van der Waals surface area contributed by atoms with Crippen LogP contribution in [0.4, 0.5) is 8.78 Å². The summed E-state index contributed by atoms with van der Waals surface area (Å²) in [6.45, 7) is 0.560. The zero-order valence-electron chi connectivity index (χ0n) is 11.2. The fraction of sp³-hybridized carbons (Fsp3) is 0.385. The Bertz CT molecular complexity index is 461. The van der Waals surface area contributed by atoms with Crippen molar-refractivity contribution in [3.63, 3.8) is 0 Å². The maximum atomic E-state index is 11.9. The molecule has 0 unspecified atom stereocenters. The predicted octanol–water partition coefficient (Wildman–Crippen LogP) is 1.54. The van der Waals surface area contributed by atoms with Gasteiger partial charge in [0.25, 0.3) is 5.91 Å². The Kier molecular flexibility index (Phi) is 5.89. The number of halogens is 2. The zero-order chi connectivity index (χ0) is 15.1. The lowest BCUT2D eigenvalue weighted by Gasteiger charge is -2.09. The van der Waals surface area contributed by atoms with Gasteiger partial charge >= 0.3 is 6.61 Å². The summed E-state index contributed by atoms with van der Waals surface area (Å²) in [5, 5.41) is 5.05. The minimum absolute atomic E-state index is 0.00909. The number of hydrogen-bond donors (Lipinski definition) is 2. The molecule has 1 aromatic carbocycles. The molecule has 20 heavy (non-hydrogen) atoms. The van der Waals surface area contributed by atoms with E-state index >= 15 is 0 Å². The molecule has 0 saturated heterocycles. The highest BCUT2D eigenvalue weighted by Gasteiger charge is 2.10. The molecular weight excluding hydrogens is 270 g/mol. The van der Waals surface area contributed by atoms with E-state index in [9.17, 15) is 18.4 Å². The molecule has 5 nitrogen and oxygen atoms in total. The van der Waals surface area contributed by atoms with E-state index in [1.165, 1.54) is 24.3 Å². The van der Waals surface area contributed by atoms with Gasteiger partial charge in [-0.25, -0.2) is 0 Å². The second-order valence-electron chi connectivity index (χ2n) is 4.31. The number of nitrogens with one attached hydrogen (secondary N) is 2. The van der Waals surface area contributed by atoms with E-state index in [1.54, 1.807) is 0 Å². The van der Waals surface area contributed by atoms with E-state index in [2.05, 4.69) is 15.4 Å². The number of rotatable bonds is 6. The van der Waals surface area contributed by atoms with Crippen LogP contribution in [0.2, 0.25) is 0 Å². The van der Waals surface area contributed by atoms with E-state index in [1.807, 2.05) is 13.8 Å². The topological polar surface area (TPSA) is 67.4 Å². The number of amides is 2.